The Bertz CT molecular complexity index is 475. The van der Waals surface area contributed by atoms with Gasteiger partial charge in [-0.05, 0) is 11.5 Å². The molecule has 0 radical (unpaired) electrons. The number of rotatable bonds is 8. The van der Waals surface area contributed by atoms with Gasteiger partial charge in [0.15, 0.2) is 0 Å². The molecule has 22 heavy (non-hydrogen) atoms. The summed E-state index contributed by atoms with van der Waals surface area (Å²) in [5.74, 6) is -0.945. The second-order valence-corrected chi connectivity index (χ2v) is 5.35. The molecule has 1 aromatic carbocycles. The molecular formula is C16H23NO5. The average Bonchev–Trinajstić information content (AvgIpc) is 2.46. The number of ether oxygens (including phenoxy) is 2. The van der Waals surface area contributed by atoms with E-state index < -0.39 is 24.2 Å². The molecule has 0 heterocycles. The molecule has 0 aliphatic rings. The van der Waals surface area contributed by atoms with Gasteiger partial charge in [0, 0.05) is 7.11 Å². The number of carbonyl (C=O) groups excluding carboxylic acids is 1. The van der Waals surface area contributed by atoms with Crippen molar-refractivity contribution in [2.24, 2.45) is 5.92 Å². The number of methoxy groups -OCH3 is 1. The molecule has 6 heteroatoms. The molecule has 0 saturated carbocycles. The zero-order valence-electron chi connectivity index (χ0n) is 13.1. The molecule has 0 saturated heterocycles. The summed E-state index contributed by atoms with van der Waals surface area (Å²) in [4.78, 5) is 22.8. The number of nitrogens with one attached hydrogen (secondary N) is 1. The second-order valence-electron chi connectivity index (χ2n) is 5.35. The molecule has 1 rings (SSSR count). The van der Waals surface area contributed by atoms with Crippen molar-refractivity contribution in [1.82, 2.24) is 5.32 Å². The summed E-state index contributed by atoms with van der Waals surface area (Å²) in [7, 11) is 1.50. The fraction of sp³-hybridized carbons (Fsp3) is 0.500. The molecule has 0 aliphatic heterocycles. The van der Waals surface area contributed by atoms with E-state index in [1.54, 1.807) is 0 Å². The van der Waals surface area contributed by atoms with E-state index in [0.29, 0.717) is 0 Å². The summed E-state index contributed by atoms with van der Waals surface area (Å²) in [5, 5.41) is 11.6. The first-order chi connectivity index (χ1) is 10.4. The SMILES string of the molecule is COC(C(C)C)C(CC(=O)O)NC(=O)OCc1ccccc1. The number of hydrogen-bond acceptors (Lipinski definition) is 4. The minimum Gasteiger partial charge on any atom is -0.481 e. The van der Waals surface area contributed by atoms with Crippen molar-refractivity contribution in [3.63, 3.8) is 0 Å². The average molecular weight is 309 g/mol. The molecule has 2 N–H and O–H groups in total. The fourth-order valence-corrected chi connectivity index (χ4v) is 2.25. The first-order valence-electron chi connectivity index (χ1n) is 7.15. The van der Waals surface area contributed by atoms with E-state index in [1.165, 1.54) is 7.11 Å². The van der Waals surface area contributed by atoms with Crippen molar-refractivity contribution in [3.05, 3.63) is 35.9 Å². The van der Waals surface area contributed by atoms with Crippen LogP contribution >= 0.6 is 0 Å². The van der Waals surface area contributed by atoms with E-state index in [9.17, 15) is 9.59 Å². The third-order valence-corrected chi connectivity index (χ3v) is 3.24. The number of alkyl carbamates (subject to hydrolysis) is 1. The van der Waals surface area contributed by atoms with Crippen LogP contribution in [-0.2, 0) is 20.9 Å². The summed E-state index contributed by atoms with van der Waals surface area (Å²) in [5.41, 5.74) is 0.861. The number of carbonyl (C=O) groups is 2. The zero-order chi connectivity index (χ0) is 16.5. The monoisotopic (exact) mass is 309 g/mol. The van der Waals surface area contributed by atoms with E-state index >= 15 is 0 Å². The van der Waals surface area contributed by atoms with E-state index in [2.05, 4.69) is 5.32 Å². The van der Waals surface area contributed by atoms with Crippen LogP contribution in [0.25, 0.3) is 0 Å². The number of benzene rings is 1. The van der Waals surface area contributed by atoms with Crippen LogP contribution in [0.2, 0.25) is 0 Å². The van der Waals surface area contributed by atoms with Gasteiger partial charge in [-0.3, -0.25) is 4.79 Å². The highest BCUT2D eigenvalue weighted by atomic mass is 16.5. The van der Waals surface area contributed by atoms with Crippen LogP contribution < -0.4 is 5.32 Å². The quantitative estimate of drug-likeness (QED) is 0.770. The van der Waals surface area contributed by atoms with Crippen LogP contribution in [0.1, 0.15) is 25.8 Å². The Kier molecular flexibility index (Phi) is 7.39. The van der Waals surface area contributed by atoms with E-state index in [0.717, 1.165) is 5.56 Å². The maximum atomic E-state index is 11.9. The Morgan fingerprint density at radius 1 is 1.23 bits per heavy atom. The number of amides is 1. The number of carboxylic acid groups (broad SMARTS) is 1. The lowest BCUT2D eigenvalue weighted by Crippen LogP contribution is -2.47. The predicted octanol–water partition coefficient (Wildman–Crippen LogP) is 2.43. The Balaban J connectivity index is 2.60. The maximum Gasteiger partial charge on any atom is 0.407 e. The van der Waals surface area contributed by atoms with Gasteiger partial charge in [0.05, 0.1) is 18.6 Å². The lowest BCUT2D eigenvalue weighted by molar-refractivity contribution is -0.138. The standard InChI is InChI=1S/C16H23NO5/c1-11(2)15(21-3)13(9-14(18)19)17-16(20)22-10-12-7-5-4-6-8-12/h4-8,11,13,15H,9-10H2,1-3H3,(H,17,20)(H,18,19). The Hall–Kier alpha value is -2.08. The molecule has 0 aromatic heterocycles. The van der Waals surface area contributed by atoms with Gasteiger partial charge in [-0.15, -0.1) is 0 Å². The second kappa shape index (κ2) is 9.04. The molecule has 1 amide bonds. The Morgan fingerprint density at radius 2 is 1.86 bits per heavy atom. The lowest BCUT2D eigenvalue weighted by atomic mass is 9.97. The van der Waals surface area contributed by atoms with Gasteiger partial charge in [-0.25, -0.2) is 4.79 Å². The predicted molar refractivity (Wildman–Crippen MR) is 81.4 cm³/mol. The van der Waals surface area contributed by atoms with Crippen LogP contribution in [0.3, 0.4) is 0 Å². The Labute approximate surface area is 130 Å². The zero-order valence-corrected chi connectivity index (χ0v) is 13.1. The minimum absolute atomic E-state index is 0.0590. The highest BCUT2D eigenvalue weighted by molar-refractivity contribution is 5.71. The van der Waals surface area contributed by atoms with Crippen molar-refractivity contribution in [2.45, 2.75) is 39.0 Å². The van der Waals surface area contributed by atoms with Crippen LogP contribution in [-0.4, -0.2) is 36.4 Å². The molecule has 1 aromatic rings. The molecule has 2 unspecified atom stereocenters. The van der Waals surface area contributed by atoms with Gasteiger partial charge >= 0.3 is 12.1 Å². The van der Waals surface area contributed by atoms with Crippen molar-refractivity contribution < 1.29 is 24.2 Å². The van der Waals surface area contributed by atoms with Crippen molar-refractivity contribution in [2.75, 3.05) is 7.11 Å². The normalized spacial score (nSPS) is 13.5. The molecule has 0 bridgehead atoms. The smallest absolute Gasteiger partial charge is 0.407 e. The fourth-order valence-electron chi connectivity index (χ4n) is 2.25. The summed E-state index contributed by atoms with van der Waals surface area (Å²) in [6, 6.07) is 8.61. The van der Waals surface area contributed by atoms with Crippen molar-refractivity contribution in [1.29, 1.82) is 0 Å². The molecule has 2 atom stereocenters. The summed E-state index contributed by atoms with van der Waals surface area (Å²) in [6.07, 6.45) is -1.28. The van der Waals surface area contributed by atoms with Gasteiger partial charge in [0.2, 0.25) is 0 Å². The highest BCUT2D eigenvalue weighted by Crippen LogP contribution is 2.14. The summed E-state index contributed by atoms with van der Waals surface area (Å²) in [6.45, 7) is 3.94. The highest BCUT2D eigenvalue weighted by Gasteiger charge is 2.28. The maximum absolute atomic E-state index is 11.9. The number of carboxylic acids is 1. The largest absolute Gasteiger partial charge is 0.481 e. The van der Waals surface area contributed by atoms with Gasteiger partial charge in [0.1, 0.15) is 6.61 Å². The van der Waals surface area contributed by atoms with Gasteiger partial charge in [0.25, 0.3) is 0 Å². The van der Waals surface area contributed by atoms with Gasteiger partial charge in [-0.1, -0.05) is 44.2 Å². The van der Waals surface area contributed by atoms with E-state index in [1.807, 2.05) is 44.2 Å². The third kappa shape index (κ3) is 6.13. The van der Waals surface area contributed by atoms with Crippen LogP contribution in [0.4, 0.5) is 4.79 Å². The topological polar surface area (TPSA) is 84.9 Å². The lowest BCUT2D eigenvalue weighted by Gasteiger charge is -2.28. The van der Waals surface area contributed by atoms with Crippen LogP contribution in [0, 0.1) is 5.92 Å². The molecule has 122 valence electrons. The number of hydrogen-bond donors (Lipinski definition) is 2. The number of aliphatic carboxylic acids is 1. The molecule has 0 aliphatic carbocycles. The Morgan fingerprint density at radius 3 is 2.36 bits per heavy atom. The van der Waals surface area contributed by atoms with Crippen molar-refractivity contribution in [3.8, 4) is 0 Å². The van der Waals surface area contributed by atoms with Crippen LogP contribution in [0.15, 0.2) is 30.3 Å². The minimum atomic E-state index is -1.00. The van der Waals surface area contributed by atoms with Gasteiger partial charge < -0.3 is 19.9 Å². The molecule has 0 fully saturated rings. The van der Waals surface area contributed by atoms with E-state index in [4.69, 9.17) is 14.6 Å². The first-order valence-corrected chi connectivity index (χ1v) is 7.15. The van der Waals surface area contributed by atoms with Gasteiger partial charge in [-0.2, -0.15) is 0 Å². The molecule has 0 spiro atoms. The first kappa shape index (κ1) is 18.0. The molecular weight excluding hydrogens is 286 g/mol. The van der Waals surface area contributed by atoms with Crippen LogP contribution in [0.5, 0.6) is 0 Å². The van der Waals surface area contributed by atoms with E-state index in [-0.39, 0.29) is 18.9 Å². The van der Waals surface area contributed by atoms with Crippen molar-refractivity contribution >= 4 is 12.1 Å². The third-order valence-electron chi connectivity index (χ3n) is 3.24. The summed E-state index contributed by atoms with van der Waals surface area (Å²) < 4.78 is 10.4. The molecule has 6 nitrogen and oxygen atoms in total. The summed E-state index contributed by atoms with van der Waals surface area (Å²) >= 11 is 0.